The Morgan fingerprint density at radius 2 is 2.18 bits per heavy atom. The summed E-state index contributed by atoms with van der Waals surface area (Å²) in [7, 11) is 0. The first kappa shape index (κ1) is 11.9. The van der Waals surface area contributed by atoms with E-state index in [1.54, 1.807) is 17.5 Å². The number of nitro groups is 1. The van der Waals surface area contributed by atoms with Crippen molar-refractivity contribution in [3.63, 3.8) is 0 Å². The monoisotopic (exact) mass is 268 g/mol. The average molecular weight is 269 g/mol. The molecule has 2 rings (SSSR count). The Labute approximate surface area is 107 Å². The maximum Gasteiger partial charge on any atom is 0.324 e. The fourth-order valence-electron chi connectivity index (χ4n) is 1.35. The maximum absolute atomic E-state index is 10.5. The van der Waals surface area contributed by atoms with Gasteiger partial charge in [0.05, 0.1) is 15.6 Å². The molecule has 4 nitrogen and oxygen atoms in total. The van der Waals surface area contributed by atoms with Crippen LogP contribution < -0.4 is 5.32 Å². The minimum Gasteiger partial charge on any atom is -0.380 e. The lowest BCUT2D eigenvalue weighted by Crippen LogP contribution is -1.98. The van der Waals surface area contributed by atoms with Crippen LogP contribution in [0.3, 0.4) is 0 Å². The maximum atomic E-state index is 10.5. The number of hydrogen-bond donors (Lipinski definition) is 1. The molecule has 0 bridgehead atoms. The Bertz CT molecular complexity index is 542. The predicted molar refractivity (Wildman–Crippen MR) is 69.8 cm³/mol. The van der Waals surface area contributed by atoms with E-state index in [0.717, 1.165) is 22.6 Å². The van der Waals surface area contributed by atoms with Crippen LogP contribution in [0.25, 0.3) is 0 Å². The fraction of sp³-hybridized carbons (Fsp3) is 0.0909. The number of hydrogen-bond acceptors (Lipinski definition) is 4. The molecule has 0 radical (unpaired) electrons. The first-order valence-electron chi connectivity index (χ1n) is 4.87. The lowest BCUT2D eigenvalue weighted by molar-refractivity contribution is -0.380. The molecule has 1 heterocycles. The van der Waals surface area contributed by atoms with E-state index in [0.29, 0.717) is 11.6 Å². The molecular weight excluding hydrogens is 260 g/mol. The van der Waals surface area contributed by atoms with E-state index in [1.807, 2.05) is 18.2 Å². The molecule has 2 aromatic rings. The molecule has 88 valence electrons. The first-order valence-corrected chi connectivity index (χ1v) is 6.13. The van der Waals surface area contributed by atoms with Crippen LogP contribution in [-0.2, 0) is 6.54 Å². The van der Waals surface area contributed by atoms with Gasteiger partial charge in [0, 0.05) is 18.0 Å². The van der Waals surface area contributed by atoms with Gasteiger partial charge in [-0.1, -0.05) is 35.1 Å². The van der Waals surface area contributed by atoms with Gasteiger partial charge in [-0.2, -0.15) is 0 Å². The number of benzene rings is 1. The third-order valence-electron chi connectivity index (χ3n) is 2.18. The largest absolute Gasteiger partial charge is 0.380 e. The Morgan fingerprint density at radius 3 is 2.82 bits per heavy atom. The van der Waals surface area contributed by atoms with Gasteiger partial charge < -0.3 is 5.32 Å². The second kappa shape index (κ2) is 5.16. The van der Waals surface area contributed by atoms with Crippen molar-refractivity contribution >= 4 is 33.6 Å². The van der Waals surface area contributed by atoms with E-state index in [9.17, 15) is 10.1 Å². The van der Waals surface area contributed by atoms with Crippen LogP contribution in [-0.4, -0.2) is 4.92 Å². The molecule has 17 heavy (non-hydrogen) atoms. The van der Waals surface area contributed by atoms with Crippen molar-refractivity contribution in [1.82, 2.24) is 0 Å². The number of thiophene rings is 1. The standard InChI is InChI=1S/C11H9ClN2O2S/c12-9-3-1-2-4-10(9)13-6-8-5-11(14(15)16)17-7-8/h1-5,7,13H,6H2. The van der Waals surface area contributed by atoms with Crippen LogP contribution in [0, 0.1) is 10.1 Å². The summed E-state index contributed by atoms with van der Waals surface area (Å²) in [6.45, 7) is 0.522. The van der Waals surface area contributed by atoms with Gasteiger partial charge in [-0.3, -0.25) is 10.1 Å². The molecule has 0 saturated heterocycles. The Kier molecular flexibility index (Phi) is 3.61. The van der Waals surface area contributed by atoms with Gasteiger partial charge in [-0.15, -0.1) is 0 Å². The molecule has 1 N–H and O–H groups in total. The van der Waals surface area contributed by atoms with Gasteiger partial charge >= 0.3 is 5.00 Å². The summed E-state index contributed by atoms with van der Waals surface area (Å²) < 4.78 is 0. The molecule has 0 atom stereocenters. The third-order valence-corrected chi connectivity index (χ3v) is 3.44. The highest BCUT2D eigenvalue weighted by Crippen LogP contribution is 2.25. The first-order chi connectivity index (χ1) is 8.16. The number of rotatable bonds is 4. The van der Waals surface area contributed by atoms with E-state index in [-0.39, 0.29) is 9.92 Å². The quantitative estimate of drug-likeness (QED) is 0.675. The molecule has 6 heteroatoms. The third kappa shape index (κ3) is 2.95. The summed E-state index contributed by atoms with van der Waals surface area (Å²) in [5.74, 6) is 0. The van der Waals surface area contributed by atoms with E-state index in [4.69, 9.17) is 11.6 Å². The van der Waals surface area contributed by atoms with Crippen LogP contribution in [0.2, 0.25) is 5.02 Å². The van der Waals surface area contributed by atoms with Gasteiger partial charge in [0.25, 0.3) is 0 Å². The minimum absolute atomic E-state index is 0.154. The van der Waals surface area contributed by atoms with Crippen molar-refractivity contribution in [2.45, 2.75) is 6.54 Å². The fourth-order valence-corrected chi connectivity index (χ4v) is 2.28. The second-order valence-electron chi connectivity index (χ2n) is 3.38. The summed E-state index contributed by atoms with van der Waals surface area (Å²) >= 11 is 7.10. The van der Waals surface area contributed by atoms with E-state index < -0.39 is 0 Å². The predicted octanol–water partition coefficient (Wildman–Crippen LogP) is 3.92. The van der Waals surface area contributed by atoms with Crippen molar-refractivity contribution in [3.8, 4) is 0 Å². The van der Waals surface area contributed by atoms with E-state index in [1.165, 1.54) is 0 Å². The average Bonchev–Trinajstić information content (AvgIpc) is 2.77. The van der Waals surface area contributed by atoms with Crippen LogP contribution in [0.4, 0.5) is 10.7 Å². The summed E-state index contributed by atoms with van der Waals surface area (Å²) in [5, 5.41) is 16.2. The number of nitrogens with one attached hydrogen (secondary N) is 1. The van der Waals surface area contributed by atoms with Crippen LogP contribution in [0.5, 0.6) is 0 Å². The van der Waals surface area contributed by atoms with Crippen molar-refractivity contribution in [3.05, 3.63) is 56.4 Å². The van der Waals surface area contributed by atoms with E-state index >= 15 is 0 Å². The van der Waals surface area contributed by atoms with Gasteiger partial charge in [-0.25, -0.2) is 0 Å². The zero-order valence-corrected chi connectivity index (χ0v) is 10.3. The molecule has 0 aliphatic rings. The highest BCUT2D eigenvalue weighted by atomic mass is 35.5. The summed E-state index contributed by atoms with van der Waals surface area (Å²) in [6.07, 6.45) is 0. The molecule has 0 spiro atoms. The molecule has 1 aromatic carbocycles. The molecular formula is C11H9ClN2O2S. The van der Waals surface area contributed by atoms with Crippen LogP contribution >= 0.6 is 22.9 Å². The number of halogens is 1. The zero-order chi connectivity index (χ0) is 12.3. The normalized spacial score (nSPS) is 10.2. The number of nitrogens with zero attached hydrogens (tertiary/aromatic N) is 1. The highest BCUT2D eigenvalue weighted by molar-refractivity contribution is 7.13. The molecule has 1 aromatic heterocycles. The topological polar surface area (TPSA) is 55.2 Å². The van der Waals surface area contributed by atoms with Gasteiger partial charge in [0.2, 0.25) is 0 Å². The smallest absolute Gasteiger partial charge is 0.324 e. The Hall–Kier alpha value is -1.59. The Balaban J connectivity index is 2.02. The lowest BCUT2D eigenvalue weighted by Gasteiger charge is -2.06. The molecule has 0 fully saturated rings. The van der Waals surface area contributed by atoms with Gasteiger partial charge in [0.15, 0.2) is 0 Å². The summed E-state index contributed by atoms with van der Waals surface area (Å²) in [4.78, 5) is 10.1. The molecule has 0 aliphatic carbocycles. The van der Waals surface area contributed by atoms with Crippen molar-refractivity contribution < 1.29 is 4.92 Å². The van der Waals surface area contributed by atoms with Gasteiger partial charge in [0.1, 0.15) is 0 Å². The van der Waals surface area contributed by atoms with Crippen molar-refractivity contribution in [2.24, 2.45) is 0 Å². The number of para-hydroxylation sites is 1. The molecule has 0 unspecified atom stereocenters. The number of anilines is 1. The summed E-state index contributed by atoms with van der Waals surface area (Å²) in [5.41, 5.74) is 1.70. The Morgan fingerprint density at radius 1 is 1.41 bits per heavy atom. The molecule has 0 aliphatic heterocycles. The van der Waals surface area contributed by atoms with Crippen molar-refractivity contribution in [2.75, 3.05) is 5.32 Å². The second-order valence-corrected chi connectivity index (χ2v) is 4.68. The van der Waals surface area contributed by atoms with E-state index in [2.05, 4.69) is 5.32 Å². The lowest BCUT2D eigenvalue weighted by atomic mass is 10.3. The minimum atomic E-state index is -0.385. The molecule has 0 amide bonds. The highest BCUT2D eigenvalue weighted by Gasteiger charge is 2.09. The van der Waals surface area contributed by atoms with Crippen molar-refractivity contribution in [1.29, 1.82) is 0 Å². The van der Waals surface area contributed by atoms with Crippen LogP contribution in [0.15, 0.2) is 35.7 Å². The van der Waals surface area contributed by atoms with Gasteiger partial charge in [-0.05, 0) is 17.7 Å². The SMILES string of the molecule is O=[N+]([O-])c1cc(CNc2ccccc2Cl)cs1. The zero-order valence-electron chi connectivity index (χ0n) is 8.72. The van der Waals surface area contributed by atoms with Crippen LogP contribution in [0.1, 0.15) is 5.56 Å². The molecule has 0 saturated carbocycles. The summed E-state index contributed by atoms with van der Waals surface area (Å²) in [6, 6.07) is 8.95.